The number of fused-ring (bicyclic) bond motifs is 1. The van der Waals surface area contributed by atoms with Crippen molar-refractivity contribution in [2.45, 2.75) is 19.8 Å². The molecule has 0 saturated heterocycles. The van der Waals surface area contributed by atoms with Gasteiger partial charge in [0.25, 0.3) is 0 Å². The van der Waals surface area contributed by atoms with Gasteiger partial charge in [0.05, 0.1) is 17.1 Å². The molecule has 1 heterocycles. The van der Waals surface area contributed by atoms with E-state index in [4.69, 9.17) is 0 Å². The van der Waals surface area contributed by atoms with Gasteiger partial charge in [-0.05, 0) is 37.0 Å². The Kier molecular flexibility index (Phi) is 3.53. The molecule has 0 fully saturated rings. The molecule has 0 bridgehead atoms. The maximum absolute atomic E-state index is 9.19. The molecule has 1 N–H and O–H groups in total. The van der Waals surface area contributed by atoms with Crippen LogP contribution in [0.4, 0.5) is 0 Å². The Bertz CT molecular complexity index is 667. The van der Waals surface area contributed by atoms with E-state index in [0.29, 0.717) is 11.6 Å². The normalized spacial score (nSPS) is 19.9. The summed E-state index contributed by atoms with van der Waals surface area (Å²) >= 11 is 3.42. The molecule has 2 aromatic rings. The first-order valence-electron chi connectivity index (χ1n) is 6.51. The van der Waals surface area contributed by atoms with Gasteiger partial charge in [0, 0.05) is 15.6 Å². The average molecular weight is 332 g/mol. The van der Waals surface area contributed by atoms with Crippen LogP contribution in [0, 0.1) is 5.92 Å². The average Bonchev–Trinajstić information content (AvgIpc) is 2.46. The summed E-state index contributed by atoms with van der Waals surface area (Å²) in [5.41, 5.74) is 4.33. The van der Waals surface area contributed by atoms with E-state index in [0.717, 1.165) is 39.8 Å². The SMILES string of the molecule is C[C@@H]1CC(=NO)c2cc(-c3ccc(Br)cc3)nnc2C1. The summed E-state index contributed by atoms with van der Waals surface area (Å²) in [5.74, 6) is 0.432. The van der Waals surface area contributed by atoms with Gasteiger partial charge in [0.2, 0.25) is 0 Å². The van der Waals surface area contributed by atoms with Crippen molar-refractivity contribution in [3.8, 4) is 11.3 Å². The van der Waals surface area contributed by atoms with Gasteiger partial charge in [-0.1, -0.05) is 40.1 Å². The lowest BCUT2D eigenvalue weighted by Gasteiger charge is -2.21. The largest absolute Gasteiger partial charge is 0.411 e. The Balaban J connectivity index is 2.06. The van der Waals surface area contributed by atoms with E-state index in [1.807, 2.05) is 30.3 Å². The van der Waals surface area contributed by atoms with Crippen LogP contribution in [0.3, 0.4) is 0 Å². The third-order valence-corrected chi connectivity index (χ3v) is 4.05. The van der Waals surface area contributed by atoms with Crippen molar-refractivity contribution in [2.75, 3.05) is 0 Å². The zero-order chi connectivity index (χ0) is 14.1. The summed E-state index contributed by atoms with van der Waals surface area (Å²) in [4.78, 5) is 0. The van der Waals surface area contributed by atoms with Crippen LogP contribution in [-0.2, 0) is 6.42 Å². The lowest BCUT2D eigenvalue weighted by Crippen LogP contribution is -2.21. The predicted octanol–water partition coefficient (Wildman–Crippen LogP) is 3.67. The van der Waals surface area contributed by atoms with E-state index >= 15 is 0 Å². The molecule has 0 amide bonds. The smallest absolute Gasteiger partial charge is 0.0936 e. The Morgan fingerprint density at radius 2 is 1.95 bits per heavy atom. The fourth-order valence-electron chi connectivity index (χ4n) is 2.52. The van der Waals surface area contributed by atoms with Gasteiger partial charge in [0.15, 0.2) is 0 Å². The molecule has 20 heavy (non-hydrogen) atoms. The topological polar surface area (TPSA) is 58.4 Å². The molecule has 1 atom stereocenters. The Labute approximate surface area is 125 Å². The number of nitrogens with zero attached hydrogens (tertiary/aromatic N) is 3. The molecule has 1 aliphatic rings. The Hall–Kier alpha value is -1.75. The van der Waals surface area contributed by atoms with Gasteiger partial charge in [-0.15, -0.1) is 0 Å². The highest BCUT2D eigenvalue weighted by atomic mass is 79.9. The second kappa shape index (κ2) is 5.32. The number of hydrogen-bond acceptors (Lipinski definition) is 4. The van der Waals surface area contributed by atoms with Crippen molar-refractivity contribution in [2.24, 2.45) is 11.1 Å². The monoisotopic (exact) mass is 331 g/mol. The van der Waals surface area contributed by atoms with E-state index in [-0.39, 0.29) is 0 Å². The van der Waals surface area contributed by atoms with Crippen LogP contribution in [0.25, 0.3) is 11.3 Å². The van der Waals surface area contributed by atoms with Crippen LogP contribution in [0.2, 0.25) is 0 Å². The minimum Gasteiger partial charge on any atom is -0.411 e. The Morgan fingerprint density at radius 1 is 1.20 bits per heavy atom. The maximum atomic E-state index is 9.19. The molecule has 0 unspecified atom stereocenters. The molecule has 1 aliphatic carbocycles. The summed E-state index contributed by atoms with van der Waals surface area (Å²) < 4.78 is 1.03. The summed E-state index contributed by atoms with van der Waals surface area (Å²) in [6.07, 6.45) is 1.65. The number of hydrogen-bond donors (Lipinski definition) is 1. The van der Waals surface area contributed by atoms with Gasteiger partial charge in [0.1, 0.15) is 0 Å². The fourth-order valence-corrected chi connectivity index (χ4v) is 2.78. The van der Waals surface area contributed by atoms with Gasteiger partial charge in [-0.2, -0.15) is 10.2 Å². The van der Waals surface area contributed by atoms with Gasteiger partial charge in [-0.3, -0.25) is 0 Å². The zero-order valence-corrected chi connectivity index (χ0v) is 12.6. The molecule has 0 aliphatic heterocycles. The first-order valence-corrected chi connectivity index (χ1v) is 7.30. The molecule has 0 spiro atoms. The summed E-state index contributed by atoms with van der Waals surface area (Å²) in [6.45, 7) is 2.12. The molecule has 102 valence electrons. The molecule has 3 rings (SSSR count). The van der Waals surface area contributed by atoms with E-state index in [2.05, 4.69) is 38.2 Å². The lowest BCUT2D eigenvalue weighted by atomic mass is 9.86. The summed E-state index contributed by atoms with van der Waals surface area (Å²) in [5, 5.41) is 21.2. The highest BCUT2D eigenvalue weighted by molar-refractivity contribution is 9.10. The second-order valence-corrected chi connectivity index (χ2v) is 6.07. The van der Waals surface area contributed by atoms with Crippen LogP contribution in [0.15, 0.2) is 40.0 Å². The lowest BCUT2D eigenvalue weighted by molar-refractivity contribution is 0.316. The second-order valence-electron chi connectivity index (χ2n) is 5.16. The number of halogens is 1. The summed E-state index contributed by atoms with van der Waals surface area (Å²) in [6, 6.07) is 9.88. The number of aromatic nitrogens is 2. The van der Waals surface area contributed by atoms with Crippen molar-refractivity contribution in [3.63, 3.8) is 0 Å². The Morgan fingerprint density at radius 3 is 2.65 bits per heavy atom. The predicted molar refractivity (Wildman–Crippen MR) is 81.0 cm³/mol. The van der Waals surface area contributed by atoms with Crippen molar-refractivity contribution in [3.05, 3.63) is 46.1 Å². The van der Waals surface area contributed by atoms with Crippen molar-refractivity contribution >= 4 is 21.6 Å². The quantitative estimate of drug-likeness (QED) is 0.640. The van der Waals surface area contributed by atoms with Crippen LogP contribution >= 0.6 is 15.9 Å². The van der Waals surface area contributed by atoms with Gasteiger partial charge < -0.3 is 5.21 Å². The van der Waals surface area contributed by atoms with Gasteiger partial charge in [-0.25, -0.2) is 0 Å². The van der Waals surface area contributed by atoms with Crippen molar-refractivity contribution < 1.29 is 5.21 Å². The van der Waals surface area contributed by atoms with Crippen LogP contribution < -0.4 is 0 Å². The molecule has 0 saturated carbocycles. The number of rotatable bonds is 1. The highest BCUT2D eigenvalue weighted by Crippen LogP contribution is 2.27. The molecule has 5 heteroatoms. The standard InChI is InChI=1S/C15H14BrN3O/c1-9-6-14-12(15(7-9)19-20)8-13(17-18-14)10-2-4-11(16)5-3-10/h2-5,8-9,20H,6-7H2,1H3/t9-/m0/s1. The van der Waals surface area contributed by atoms with Crippen molar-refractivity contribution in [1.29, 1.82) is 0 Å². The van der Waals surface area contributed by atoms with Gasteiger partial charge >= 0.3 is 0 Å². The van der Waals surface area contributed by atoms with E-state index in [9.17, 15) is 5.21 Å². The van der Waals surface area contributed by atoms with Crippen LogP contribution in [-0.4, -0.2) is 21.1 Å². The summed E-state index contributed by atoms with van der Waals surface area (Å²) in [7, 11) is 0. The zero-order valence-electron chi connectivity index (χ0n) is 11.0. The van der Waals surface area contributed by atoms with E-state index in [1.54, 1.807) is 0 Å². The number of benzene rings is 1. The molecule has 0 radical (unpaired) electrons. The minimum atomic E-state index is 0.432. The third kappa shape index (κ3) is 2.45. The highest BCUT2D eigenvalue weighted by Gasteiger charge is 2.23. The maximum Gasteiger partial charge on any atom is 0.0936 e. The number of oxime groups is 1. The molecular weight excluding hydrogens is 318 g/mol. The van der Waals surface area contributed by atoms with E-state index in [1.165, 1.54) is 0 Å². The van der Waals surface area contributed by atoms with Crippen LogP contribution in [0.1, 0.15) is 24.6 Å². The molecule has 4 nitrogen and oxygen atoms in total. The fraction of sp³-hybridized carbons (Fsp3) is 0.267. The molecule has 1 aromatic heterocycles. The first-order chi connectivity index (χ1) is 9.67. The van der Waals surface area contributed by atoms with Crippen molar-refractivity contribution in [1.82, 2.24) is 10.2 Å². The molecular formula is C15H14BrN3O. The minimum absolute atomic E-state index is 0.432. The van der Waals surface area contributed by atoms with Crippen LogP contribution in [0.5, 0.6) is 0 Å². The third-order valence-electron chi connectivity index (χ3n) is 3.53. The van der Waals surface area contributed by atoms with E-state index < -0.39 is 0 Å². The first kappa shape index (κ1) is 13.2. The molecule has 1 aromatic carbocycles.